The summed E-state index contributed by atoms with van der Waals surface area (Å²) < 4.78 is 23.0. The third-order valence-corrected chi connectivity index (χ3v) is 9.86. The lowest BCUT2D eigenvalue weighted by molar-refractivity contribution is -0.142. The maximum atomic E-state index is 13.3. The molecule has 3 aromatic carbocycles. The fourth-order valence-electron chi connectivity index (χ4n) is 6.11. The number of nitrogens with zero attached hydrogens (tertiary/aromatic N) is 2. The second kappa shape index (κ2) is 19.6. The van der Waals surface area contributed by atoms with E-state index in [0.717, 1.165) is 28.5 Å². The number of aromatic nitrogens is 2. The van der Waals surface area contributed by atoms with Gasteiger partial charge < -0.3 is 15.7 Å². The van der Waals surface area contributed by atoms with Gasteiger partial charge in [-0.15, -0.1) is 0 Å². The number of carboxylic acids is 1. The first-order chi connectivity index (χ1) is 25.8. The molecule has 0 aliphatic rings. The molecule has 1 aromatic heterocycles. The summed E-state index contributed by atoms with van der Waals surface area (Å²) in [6.07, 6.45) is 5.97. The molecule has 0 unspecified atom stereocenters. The van der Waals surface area contributed by atoms with Gasteiger partial charge in [-0.1, -0.05) is 116 Å². The van der Waals surface area contributed by atoms with Crippen molar-refractivity contribution in [3.8, 4) is 11.8 Å². The molecule has 0 spiro atoms. The lowest BCUT2D eigenvalue weighted by Crippen LogP contribution is -2.53. The van der Waals surface area contributed by atoms with Crippen molar-refractivity contribution < 1.29 is 27.9 Å². The number of sulfone groups is 1. The molecule has 0 fully saturated rings. The van der Waals surface area contributed by atoms with Crippen LogP contribution < -0.4 is 16.0 Å². The number of hydrogen-bond donors (Lipinski definition) is 4. The van der Waals surface area contributed by atoms with Crippen LogP contribution in [0.5, 0.6) is 0 Å². The molecule has 0 bridgehead atoms. The smallest absolute Gasteiger partial charge is 0.326 e. The first-order valence-corrected chi connectivity index (χ1v) is 20.0. The average Bonchev–Trinajstić information content (AvgIpc) is 3.15. The minimum Gasteiger partial charge on any atom is -0.480 e. The predicted octanol–water partition coefficient (Wildman–Crippen LogP) is 5.17. The highest BCUT2D eigenvalue weighted by molar-refractivity contribution is 7.90. The summed E-state index contributed by atoms with van der Waals surface area (Å²) in [5, 5.41) is 19.0. The zero-order valence-corrected chi connectivity index (χ0v) is 32.0. The Morgan fingerprint density at radius 3 is 1.93 bits per heavy atom. The van der Waals surface area contributed by atoms with Gasteiger partial charge in [-0.3, -0.25) is 14.9 Å². The van der Waals surface area contributed by atoms with Crippen molar-refractivity contribution in [1.29, 1.82) is 0 Å². The van der Waals surface area contributed by atoms with Crippen LogP contribution in [0.3, 0.4) is 0 Å². The van der Waals surface area contributed by atoms with Crippen LogP contribution in [0.25, 0.3) is 0 Å². The summed E-state index contributed by atoms with van der Waals surface area (Å²) >= 11 is 0. The zero-order chi connectivity index (χ0) is 39.1. The minimum atomic E-state index is -3.50. The van der Waals surface area contributed by atoms with Gasteiger partial charge in [0.05, 0.1) is 11.1 Å². The van der Waals surface area contributed by atoms with Crippen LogP contribution in [-0.4, -0.2) is 66.2 Å². The first kappa shape index (κ1) is 41.4. The van der Waals surface area contributed by atoms with Crippen molar-refractivity contribution in [3.05, 3.63) is 125 Å². The number of hydrogen-bond acceptors (Lipinski definition) is 8. The van der Waals surface area contributed by atoms with Gasteiger partial charge in [0.2, 0.25) is 26.8 Å². The van der Waals surface area contributed by atoms with Crippen LogP contribution in [0.2, 0.25) is 0 Å². The van der Waals surface area contributed by atoms with Gasteiger partial charge >= 0.3 is 5.97 Å². The maximum Gasteiger partial charge on any atom is 0.326 e. The molecule has 0 aliphatic heterocycles. The third-order valence-electron chi connectivity index (χ3n) is 8.99. The topological polar surface area (TPSA) is 167 Å². The summed E-state index contributed by atoms with van der Waals surface area (Å²) in [6, 6.07) is 27.0. The van der Waals surface area contributed by atoms with E-state index in [0.29, 0.717) is 37.8 Å². The van der Waals surface area contributed by atoms with Crippen LogP contribution >= 0.6 is 0 Å². The second-order valence-corrected chi connectivity index (χ2v) is 15.6. The molecule has 2 atom stereocenters. The van der Waals surface area contributed by atoms with Crippen molar-refractivity contribution in [2.75, 3.05) is 12.8 Å². The number of aryl methyl sites for hydroxylation is 1. The number of carbonyl (C=O) groups excluding carboxylic acids is 2. The van der Waals surface area contributed by atoms with Crippen molar-refractivity contribution in [2.45, 2.75) is 82.1 Å². The number of carboxylic acid groups (broad SMARTS) is 1. The number of rotatable bonds is 18. The number of nitrogens with one attached hydrogen (secondary N) is 3. The van der Waals surface area contributed by atoms with Gasteiger partial charge in [-0.05, 0) is 61.8 Å². The van der Waals surface area contributed by atoms with Gasteiger partial charge in [-0.25, -0.2) is 23.2 Å². The quantitative estimate of drug-likeness (QED) is 0.0464. The fraction of sp³-hybridized carbons (Fsp3) is 0.357. The average molecular weight is 752 g/mol. The number of unbranched alkanes of at least 4 members (excludes halogenated alkanes) is 2. The third kappa shape index (κ3) is 11.6. The first-order valence-electron chi connectivity index (χ1n) is 18.1. The molecule has 0 saturated carbocycles. The number of aliphatic carboxylic acids is 1. The van der Waals surface area contributed by atoms with E-state index in [4.69, 9.17) is 0 Å². The highest BCUT2D eigenvalue weighted by Crippen LogP contribution is 2.37. The highest BCUT2D eigenvalue weighted by Gasteiger charge is 2.36. The summed E-state index contributed by atoms with van der Waals surface area (Å²) in [7, 11) is -3.50. The molecule has 12 heteroatoms. The Morgan fingerprint density at radius 2 is 1.39 bits per heavy atom. The van der Waals surface area contributed by atoms with E-state index in [2.05, 4.69) is 93.2 Å². The lowest BCUT2D eigenvalue weighted by atomic mass is 9.76. The molecular weight excluding hydrogens is 703 g/mol. The number of benzene rings is 3. The van der Waals surface area contributed by atoms with Crippen LogP contribution in [0.15, 0.2) is 102 Å². The summed E-state index contributed by atoms with van der Waals surface area (Å²) in [6.45, 7) is 6.21. The minimum absolute atomic E-state index is 0.111. The molecule has 0 saturated heterocycles. The number of amides is 2. The largest absolute Gasteiger partial charge is 0.480 e. The molecule has 54 heavy (non-hydrogen) atoms. The molecule has 0 aliphatic carbocycles. The maximum absolute atomic E-state index is 13.3. The summed E-state index contributed by atoms with van der Waals surface area (Å²) in [4.78, 5) is 45.9. The zero-order valence-electron chi connectivity index (χ0n) is 31.2. The Morgan fingerprint density at radius 1 is 0.815 bits per heavy atom. The predicted molar refractivity (Wildman–Crippen MR) is 208 cm³/mol. The van der Waals surface area contributed by atoms with Crippen molar-refractivity contribution in [1.82, 2.24) is 25.9 Å². The Bertz CT molecular complexity index is 1970. The molecule has 11 nitrogen and oxygen atoms in total. The summed E-state index contributed by atoms with van der Waals surface area (Å²) in [5.74, 6) is 3.43. The molecule has 4 rings (SSSR count). The van der Waals surface area contributed by atoms with Gasteiger partial charge in [0, 0.05) is 31.5 Å². The Labute approximate surface area is 318 Å². The molecule has 4 N–H and O–H groups in total. The van der Waals surface area contributed by atoms with E-state index < -0.39 is 39.3 Å². The Hall–Kier alpha value is -5.38. The molecule has 1 heterocycles. The van der Waals surface area contributed by atoms with E-state index in [9.17, 15) is 27.9 Å². The van der Waals surface area contributed by atoms with E-state index in [1.165, 1.54) is 12.4 Å². The van der Waals surface area contributed by atoms with Crippen LogP contribution in [0.4, 0.5) is 0 Å². The van der Waals surface area contributed by atoms with Crippen LogP contribution in [0.1, 0.15) is 80.2 Å². The molecule has 2 amide bonds. The van der Waals surface area contributed by atoms with E-state index in [1.54, 1.807) is 13.8 Å². The van der Waals surface area contributed by atoms with E-state index in [-0.39, 0.29) is 29.8 Å². The van der Waals surface area contributed by atoms with Gasteiger partial charge in [-0.2, -0.15) is 0 Å². The lowest BCUT2D eigenvalue weighted by Gasteiger charge is -2.37. The van der Waals surface area contributed by atoms with E-state index >= 15 is 0 Å². The Balaban J connectivity index is 1.32. The van der Waals surface area contributed by atoms with Gasteiger partial charge in [0.1, 0.15) is 12.1 Å². The van der Waals surface area contributed by atoms with Crippen LogP contribution in [-0.2, 0) is 29.8 Å². The molecule has 284 valence electrons. The van der Waals surface area contributed by atoms with Crippen molar-refractivity contribution in [3.63, 3.8) is 0 Å². The number of carbonyl (C=O) groups is 3. The second-order valence-electron chi connectivity index (χ2n) is 13.6. The fourth-order valence-corrected chi connectivity index (χ4v) is 6.60. The normalized spacial score (nSPS) is 12.6. The van der Waals surface area contributed by atoms with Crippen molar-refractivity contribution in [2.24, 2.45) is 5.92 Å². The Kier molecular flexibility index (Phi) is 15.0. The monoisotopic (exact) mass is 751 g/mol. The SMILES string of the molecule is Cc1ccc(C(NCCCC[C@H](NC(=O)[C@@H](NC(=O)CCCC#Cc2cnc(S(C)(=O)=O)nc2)C(C)C)C(=O)O)(c2ccccc2)c2ccccc2)cc1. The molecule has 0 radical (unpaired) electrons. The van der Waals surface area contributed by atoms with Gasteiger partial charge in [0.15, 0.2) is 0 Å². The molecular formula is C42H49N5O6S. The van der Waals surface area contributed by atoms with Crippen molar-refractivity contribution >= 4 is 27.6 Å². The standard InChI is InChI=1S/C42H49N5O6S/c1-30(2)38(47-37(48)22-13-5-8-16-32-28-43-41(44-29-32)54(4,52)53)39(49)46-36(40(50)51)21-14-15-27-45-42(33-17-9-6-10-18-33,34-19-11-7-12-20-34)35-25-23-31(3)24-26-35/h6-7,9-12,17-20,23-26,28-30,36,38,45H,5,13-15,21-22,27H2,1-4H3,(H,46,49)(H,47,48)(H,50,51)/t36-,38-/m0/s1. The molecule has 4 aromatic rings. The van der Waals surface area contributed by atoms with E-state index in [1.807, 2.05) is 36.4 Å². The summed E-state index contributed by atoms with van der Waals surface area (Å²) in [5.41, 5.74) is 4.21. The van der Waals surface area contributed by atoms with Gasteiger partial charge in [0.25, 0.3) is 0 Å². The highest BCUT2D eigenvalue weighted by atomic mass is 32.2. The van der Waals surface area contributed by atoms with Crippen LogP contribution in [0, 0.1) is 24.7 Å².